The van der Waals surface area contributed by atoms with Gasteiger partial charge in [-0.3, -0.25) is 9.59 Å². The first-order valence-corrected chi connectivity index (χ1v) is 6.12. The molecule has 1 unspecified atom stereocenters. The van der Waals surface area contributed by atoms with Crippen LogP contribution in [0.3, 0.4) is 0 Å². The fraction of sp³-hybridized carbons (Fsp3) is 0.833. The lowest BCUT2D eigenvalue weighted by Crippen LogP contribution is -2.48. The van der Waals surface area contributed by atoms with Crippen molar-refractivity contribution in [2.24, 2.45) is 11.1 Å². The first kappa shape index (κ1) is 16.9. The first-order chi connectivity index (χ1) is 8.41. The predicted molar refractivity (Wildman–Crippen MR) is 70.0 cm³/mol. The number of carbonyl (C=O) groups is 2. The number of amides is 2. The molecule has 0 fully saturated rings. The number of nitrogens with one attached hydrogen (secondary N) is 1. The Bertz CT molecular complexity index is 278. The summed E-state index contributed by atoms with van der Waals surface area (Å²) in [6, 6.07) is 0. The van der Waals surface area contributed by atoms with Crippen molar-refractivity contribution in [2.75, 3.05) is 40.4 Å². The van der Waals surface area contributed by atoms with Crippen molar-refractivity contribution in [3.63, 3.8) is 0 Å². The Kier molecular flexibility index (Phi) is 7.54. The summed E-state index contributed by atoms with van der Waals surface area (Å²) in [6.45, 7) is 4.94. The van der Waals surface area contributed by atoms with Gasteiger partial charge in [0, 0.05) is 27.2 Å². The normalized spacial score (nSPS) is 13.8. The molecule has 6 nitrogen and oxygen atoms in total. The van der Waals surface area contributed by atoms with Crippen LogP contribution in [0.1, 0.15) is 20.3 Å². The van der Waals surface area contributed by atoms with Crippen molar-refractivity contribution in [2.45, 2.75) is 20.3 Å². The van der Waals surface area contributed by atoms with Crippen molar-refractivity contribution < 1.29 is 14.3 Å². The third kappa shape index (κ3) is 5.01. The van der Waals surface area contributed by atoms with Gasteiger partial charge in [0.2, 0.25) is 11.8 Å². The fourth-order valence-corrected chi connectivity index (χ4v) is 1.48. The Morgan fingerprint density at radius 1 is 1.44 bits per heavy atom. The van der Waals surface area contributed by atoms with Gasteiger partial charge >= 0.3 is 0 Å². The zero-order chi connectivity index (χ0) is 14.2. The lowest BCUT2D eigenvalue weighted by Gasteiger charge is -2.30. The van der Waals surface area contributed by atoms with Crippen molar-refractivity contribution >= 4 is 11.8 Å². The molecule has 0 aliphatic heterocycles. The number of methoxy groups -OCH3 is 1. The molecule has 1 atom stereocenters. The second-order valence-corrected chi connectivity index (χ2v) is 4.62. The molecular formula is C12H25N3O3. The number of likely N-dealkylation sites (N-methyl/N-ethyl adjacent to an activating group) is 1. The van der Waals surface area contributed by atoms with Crippen LogP contribution in [0.15, 0.2) is 0 Å². The lowest BCUT2D eigenvalue weighted by molar-refractivity contribution is -0.142. The van der Waals surface area contributed by atoms with Gasteiger partial charge in [-0.25, -0.2) is 0 Å². The van der Waals surface area contributed by atoms with E-state index in [1.807, 2.05) is 13.8 Å². The number of nitrogens with zero attached hydrogens (tertiary/aromatic N) is 1. The van der Waals surface area contributed by atoms with Gasteiger partial charge in [-0.1, -0.05) is 6.92 Å². The van der Waals surface area contributed by atoms with Gasteiger partial charge in [-0.05, 0) is 13.3 Å². The summed E-state index contributed by atoms with van der Waals surface area (Å²) in [6.07, 6.45) is 0.651. The van der Waals surface area contributed by atoms with Crippen molar-refractivity contribution in [1.82, 2.24) is 10.2 Å². The minimum Gasteiger partial charge on any atom is -0.383 e. The molecule has 3 N–H and O–H groups in total. The van der Waals surface area contributed by atoms with Crippen LogP contribution in [0.4, 0.5) is 0 Å². The standard InChI is InChI=1S/C12H25N3O3/c1-5-12(2,9-13)11(17)15(3)8-10(16)14-6-7-18-4/h5-9,13H2,1-4H3,(H,14,16). The number of carbonyl (C=O) groups excluding carboxylic acids is 2. The first-order valence-electron chi connectivity index (χ1n) is 6.12. The van der Waals surface area contributed by atoms with Crippen LogP contribution < -0.4 is 11.1 Å². The van der Waals surface area contributed by atoms with E-state index < -0.39 is 5.41 Å². The number of rotatable bonds is 8. The molecule has 0 aliphatic carbocycles. The van der Waals surface area contributed by atoms with Gasteiger partial charge in [0.1, 0.15) is 0 Å². The van der Waals surface area contributed by atoms with Gasteiger partial charge in [-0.2, -0.15) is 0 Å². The van der Waals surface area contributed by atoms with E-state index in [1.165, 1.54) is 4.90 Å². The zero-order valence-electron chi connectivity index (χ0n) is 11.8. The second kappa shape index (κ2) is 8.05. The Hall–Kier alpha value is -1.14. The fourth-order valence-electron chi connectivity index (χ4n) is 1.48. The monoisotopic (exact) mass is 259 g/mol. The van der Waals surface area contributed by atoms with Crippen molar-refractivity contribution in [3.05, 3.63) is 0 Å². The summed E-state index contributed by atoms with van der Waals surface area (Å²) in [7, 11) is 3.18. The van der Waals surface area contributed by atoms with E-state index >= 15 is 0 Å². The SMILES string of the molecule is CCC(C)(CN)C(=O)N(C)CC(=O)NCCOC. The molecule has 0 radical (unpaired) electrons. The minimum absolute atomic E-state index is 0.0398. The Labute approximate surface area is 109 Å². The van der Waals surface area contributed by atoms with Gasteiger partial charge in [-0.15, -0.1) is 0 Å². The summed E-state index contributed by atoms with van der Waals surface area (Å²) in [5.41, 5.74) is 5.03. The maximum absolute atomic E-state index is 12.1. The Morgan fingerprint density at radius 3 is 2.50 bits per heavy atom. The quantitative estimate of drug-likeness (QED) is 0.580. The van der Waals surface area contributed by atoms with E-state index in [9.17, 15) is 9.59 Å². The maximum Gasteiger partial charge on any atom is 0.239 e. The smallest absolute Gasteiger partial charge is 0.239 e. The molecule has 6 heteroatoms. The maximum atomic E-state index is 12.1. The molecule has 106 valence electrons. The van der Waals surface area contributed by atoms with Gasteiger partial charge in [0.05, 0.1) is 18.6 Å². The summed E-state index contributed by atoms with van der Waals surface area (Å²) < 4.78 is 4.82. The average molecular weight is 259 g/mol. The molecule has 18 heavy (non-hydrogen) atoms. The molecule has 0 aromatic carbocycles. The molecule has 0 heterocycles. The molecule has 0 aromatic rings. The number of hydrogen-bond donors (Lipinski definition) is 2. The highest BCUT2D eigenvalue weighted by Gasteiger charge is 2.32. The Balaban J connectivity index is 4.27. The van der Waals surface area contributed by atoms with Crippen LogP contribution in [0.2, 0.25) is 0 Å². The van der Waals surface area contributed by atoms with Crippen LogP contribution in [0, 0.1) is 5.41 Å². The topological polar surface area (TPSA) is 84.7 Å². The minimum atomic E-state index is -0.596. The second-order valence-electron chi connectivity index (χ2n) is 4.62. The van der Waals surface area contributed by atoms with Crippen LogP contribution in [-0.2, 0) is 14.3 Å². The molecule has 0 bridgehead atoms. The molecule has 2 amide bonds. The Morgan fingerprint density at radius 2 is 2.06 bits per heavy atom. The summed E-state index contributed by atoms with van der Waals surface area (Å²) in [5.74, 6) is -0.298. The molecule has 0 aliphatic rings. The lowest BCUT2D eigenvalue weighted by atomic mass is 9.86. The van der Waals surface area contributed by atoms with E-state index in [-0.39, 0.29) is 24.9 Å². The van der Waals surface area contributed by atoms with Crippen LogP contribution in [0.25, 0.3) is 0 Å². The molecule has 0 saturated heterocycles. The van der Waals surface area contributed by atoms with Crippen LogP contribution in [0.5, 0.6) is 0 Å². The molecule has 0 saturated carbocycles. The van der Waals surface area contributed by atoms with Gasteiger partial charge in [0.25, 0.3) is 0 Å². The number of nitrogens with two attached hydrogens (primary N) is 1. The summed E-state index contributed by atoms with van der Waals surface area (Å²) >= 11 is 0. The van der Waals surface area contributed by atoms with E-state index in [2.05, 4.69) is 5.32 Å². The molecular weight excluding hydrogens is 234 g/mol. The van der Waals surface area contributed by atoms with E-state index in [0.29, 0.717) is 19.6 Å². The molecule has 0 aromatic heterocycles. The highest BCUT2D eigenvalue weighted by atomic mass is 16.5. The third-order valence-corrected chi connectivity index (χ3v) is 3.10. The molecule has 0 spiro atoms. The average Bonchev–Trinajstić information content (AvgIpc) is 2.37. The number of hydrogen-bond acceptors (Lipinski definition) is 4. The highest BCUT2D eigenvalue weighted by molar-refractivity contribution is 5.87. The van der Waals surface area contributed by atoms with Crippen LogP contribution in [-0.4, -0.2) is 57.1 Å². The van der Waals surface area contributed by atoms with E-state index in [4.69, 9.17) is 10.5 Å². The van der Waals surface area contributed by atoms with E-state index in [0.717, 1.165) is 0 Å². The van der Waals surface area contributed by atoms with Crippen LogP contribution >= 0.6 is 0 Å². The predicted octanol–water partition coefficient (Wildman–Crippen LogP) is -0.418. The van der Waals surface area contributed by atoms with Gasteiger partial charge < -0.3 is 20.7 Å². The van der Waals surface area contributed by atoms with Crippen molar-refractivity contribution in [1.29, 1.82) is 0 Å². The van der Waals surface area contributed by atoms with E-state index in [1.54, 1.807) is 14.2 Å². The van der Waals surface area contributed by atoms with Gasteiger partial charge in [0.15, 0.2) is 0 Å². The van der Waals surface area contributed by atoms with Crippen molar-refractivity contribution in [3.8, 4) is 0 Å². The summed E-state index contributed by atoms with van der Waals surface area (Å²) in [4.78, 5) is 25.1. The largest absolute Gasteiger partial charge is 0.383 e. The summed E-state index contributed by atoms with van der Waals surface area (Å²) in [5, 5.41) is 2.67. The molecule has 0 rings (SSSR count). The highest BCUT2D eigenvalue weighted by Crippen LogP contribution is 2.21. The number of ether oxygens (including phenoxy) is 1. The zero-order valence-corrected chi connectivity index (χ0v) is 11.8. The third-order valence-electron chi connectivity index (χ3n) is 3.10.